The van der Waals surface area contributed by atoms with Gasteiger partial charge in [0.05, 0.1) is 16.7 Å². The average molecular weight is 306 g/mol. The van der Waals surface area contributed by atoms with Crippen LogP contribution in [0, 0.1) is 11.3 Å². The van der Waals surface area contributed by atoms with Crippen molar-refractivity contribution < 1.29 is 4.74 Å². The lowest BCUT2D eigenvalue weighted by molar-refractivity contribution is 0.483. The van der Waals surface area contributed by atoms with Gasteiger partial charge < -0.3 is 4.74 Å². The molecule has 0 unspecified atom stereocenters. The number of halogens is 1. The van der Waals surface area contributed by atoms with Gasteiger partial charge in [-0.1, -0.05) is 54.1 Å². The molecule has 3 rings (SSSR count). The van der Waals surface area contributed by atoms with Crippen molar-refractivity contribution in [2.75, 3.05) is 0 Å². The molecule has 106 valence electrons. The minimum absolute atomic E-state index is 0.508. The summed E-state index contributed by atoms with van der Waals surface area (Å²) >= 11 is 6.32. The second kappa shape index (κ2) is 6.34. The first-order valence-corrected chi connectivity index (χ1v) is 7.17. The van der Waals surface area contributed by atoms with E-state index in [0.29, 0.717) is 16.3 Å². The first kappa shape index (κ1) is 14.2. The molecule has 3 heteroatoms. The summed E-state index contributed by atoms with van der Waals surface area (Å²) in [4.78, 5) is 0. The number of nitriles is 1. The van der Waals surface area contributed by atoms with Gasteiger partial charge in [0.15, 0.2) is 0 Å². The van der Waals surface area contributed by atoms with E-state index in [-0.39, 0.29) is 0 Å². The van der Waals surface area contributed by atoms with Crippen LogP contribution in [0.2, 0.25) is 5.02 Å². The maximum atomic E-state index is 9.19. The van der Waals surface area contributed by atoms with Crippen LogP contribution in [0.25, 0.3) is 11.1 Å². The smallest absolute Gasteiger partial charge is 0.146 e. The SMILES string of the molecule is N#Cc1ccccc1-c1ccc(Oc2ccccc2)c(Cl)c1. The van der Waals surface area contributed by atoms with Gasteiger partial charge >= 0.3 is 0 Å². The molecule has 0 aliphatic rings. The van der Waals surface area contributed by atoms with Crippen LogP contribution in [-0.4, -0.2) is 0 Å². The van der Waals surface area contributed by atoms with Gasteiger partial charge in [-0.15, -0.1) is 0 Å². The molecule has 0 fully saturated rings. The molecular formula is C19H12ClNO. The largest absolute Gasteiger partial charge is 0.456 e. The van der Waals surface area contributed by atoms with Crippen LogP contribution in [0.3, 0.4) is 0 Å². The third-order valence-electron chi connectivity index (χ3n) is 3.26. The molecule has 3 aromatic rings. The Bertz CT molecular complexity index is 838. The molecular weight excluding hydrogens is 294 g/mol. The minimum atomic E-state index is 0.508. The molecule has 0 radical (unpaired) electrons. The highest BCUT2D eigenvalue weighted by molar-refractivity contribution is 6.32. The van der Waals surface area contributed by atoms with Gasteiger partial charge in [0.25, 0.3) is 0 Å². The first-order chi connectivity index (χ1) is 10.8. The van der Waals surface area contributed by atoms with Crippen molar-refractivity contribution in [1.82, 2.24) is 0 Å². The van der Waals surface area contributed by atoms with Crippen LogP contribution < -0.4 is 4.74 Å². The highest BCUT2D eigenvalue weighted by Crippen LogP contribution is 2.34. The van der Waals surface area contributed by atoms with E-state index in [2.05, 4.69) is 6.07 Å². The summed E-state index contributed by atoms with van der Waals surface area (Å²) in [5, 5.41) is 9.70. The van der Waals surface area contributed by atoms with E-state index in [9.17, 15) is 5.26 Å². The molecule has 0 aliphatic heterocycles. The third kappa shape index (κ3) is 2.95. The average Bonchev–Trinajstić information content (AvgIpc) is 2.57. The van der Waals surface area contributed by atoms with Crippen LogP contribution in [0.1, 0.15) is 5.56 Å². The van der Waals surface area contributed by atoms with Crippen LogP contribution >= 0.6 is 11.6 Å². The lowest BCUT2D eigenvalue weighted by Crippen LogP contribution is -1.87. The molecule has 0 heterocycles. The lowest BCUT2D eigenvalue weighted by Gasteiger charge is -2.10. The van der Waals surface area contributed by atoms with Crippen LogP contribution in [-0.2, 0) is 0 Å². The lowest BCUT2D eigenvalue weighted by atomic mass is 10.0. The van der Waals surface area contributed by atoms with Gasteiger partial charge in [0.1, 0.15) is 11.5 Å². The first-order valence-electron chi connectivity index (χ1n) is 6.80. The van der Waals surface area contributed by atoms with Crippen molar-refractivity contribution in [3.8, 4) is 28.7 Å². The van der Waals surface area contributed by atoms with E-state index < -0.39 is 0 Å². The number of hydrogen-bond donors (Lipinski definition) is 0. The van der Waals surface area contributed by atoms with Gasteiger partial charge in [0.2, 0.25) is 0 Å². The predicted octanol–water partition coefficient (Wildman–Crippen LogP) is 5.67. The van der Waals surface area contributed by atoms with E-state index in [1.54, 1.807) is 6.07 Å². The Morgan fingerprint density at radius 2 is 1.59 bits per heavy atom. The zero-order valence-electron chi connectivity index (χ0n) is 11.7. The maximum absolute atomic E-state index is 9.19. The fraction of sp³-hybridized carbons (Fsp3) is 0. The van der Waals surface area contributed by atoms with Crippen molar-refractivity contribution in [3.05, 3.63) is 83.4 Å². The Kier molecular flexibility index (Phi) is 4.09. The Balaban J connectivity index is 1.94. The van der Waals surface area contributed by atoms with Gasteiger partial charge in [-0.3, -0.25) is 0 Å². The summed E-state index contributed by atoms with van der Waals surface area (Å²) < 4.78 is 5.76. The fourth-order valence-corrected chi connectivity index (χ4v) is 2.42. The zero-order chi connectivity index (χ0) is 15.4. The Morgan fingerprint density at radius 1 is 0.864 bits per heavy atom. The second-order valence-corrected chi connectivity index (χ2v) is 5.12. The Morgan fingerprint density at radius 3 is 2.32 bits per heavy atom. The third-order valence-corrected chi connectivity index (χ3v) is 3.56. The summed E-state index contributed by atoms with van der Waals surface area (Å²) in [7, 11) is 0. The quantitative estimate of drug-likeness (QED) is 0.624. The second-order valence-electron chi connectivity index (χ2n) is 4.72. The van der Waals surface area contributed by atoms with Crippen LogP contribution in [0.5, 0.6) is 11.5 Å². The van der Waals surface area contributed by atoms with Crippen LogP contribution in [0.15, 0.2) is 72.8 Å². The van der Waals surface area contributed by atoms with Crippen molar-refractivity contribution >= 4 is 11.6 Å². The highest BCUT2D eigenvalue weighted by atomic mass is 35.5. The van der Waals surface area contributed by atoms with Crippen molar-refractivity contribution in [2.24, 2.45) is 0 Å². The number of nitrogens with zero attached hydrogens (tertiary/aromatic N) is 1. The van der Waals surface area contributed by atoms with E-state index in [4.69, 9.17) is 16.3 Å². The van der Waals surface area contributed by atoms with Gasteiger partial charge in [-0.2, -0.15) is 5.26 Å². The number of hydrogen-bond acceptors (Lipinski definition) is 2. The van der Waals surface area contributed by atoms with Crippen molar-refractivity contribution in [3.63, 3.8) is 0 Å². The van der Waals surface area contributed by atoms with Crippen LogP contribution in [0.4, 0.5) is 0 Å². The molecule has 2 nitrogen and oxygen atoms in total. The molecule has 22 heavy (non-hydrogen) atoms. The number of para-hydroxylation sites is 1. The molecule has 0 bridgehead atoms. The monoisotopic (exact) mass is 305 g/mol. The van der Waals surface area contributed by atoms with E-state index >= 15 is 0 Å². The maximum Gasteiger partial charge on any atom is 0.146 e. The topological polar surface area (TPSA) is 33.0 Å². The molecule has 0 N–H and O–H groups in total. The molecule has 0 aliphatic carbocycles. The molecule has 0 spiro atoms. The van der Waals surface area contributed by atoms with Crippen molar-refractivity contribution in [1.29, 1.82) is 5.26 Å². The molecule has 3 aromatic carbocycles. The predicted molar refractivity (Wildman–Crippen MR) is 88.1 cm³/mol. The summed E-state index contributed by atoms with van der Waals surface area (Å²) in [6, 6.07) is 24.6. The van der Waals surface area contributed by atoms with E-state index in [1.807, 2.05) is 66.7 Å². The Labute approximate surface area is 134 Å². The van der Waals surface area contributed by atoms with Crippen molar-refractivity contribution in [2.45, 2.75) is 0 Å². The summed E-state index contributed by atoms with van der Waals surface area (Å²) in [5.74, 6) is 1.32. The number of benzene rings is 3. The van der Waals surface area contributed by atoms with Gasteiger partial charge in [-0.05, 0) is 41.5 Å². The fourth-order valence-electron chi connectivity index (χ4n) is 2.20. The molecule has 0 aromatic heterocycles. The molecule has 0 atom stereocenters. The standard InChI is InChI=1S/C19H12ClNO/c20-18-12-14(17-9-5-4-6-15(17)13-21)10-11-19(18)22-16-7-2-1-3-8-16/h1-12H. The molecule has 0 saturated carbocycles. The summed E-state index contributed by atoms with van der Waals surface area (Å²) in [6.45, 7) is 0. The molecule has 0 amide bonds. The number of ether oxygens (including phenoxy) is 1. The minimum Gasteiger partial charge on any atom is -0.456 e. The zero-order valence-corrected chi connectivity index (χ0v) is 12.4. The summed E-state index contributed by atoms with van der Waals surface area (Å²) in [6.07, 6.45) is 0. The number of rotatable bonds is 3. The highest BCUT2D eigenvalue weighted by Gasteiger charge is 2.08. The molecule has 0 saturated heterocycles. The summed E-state index contributed by atoms with van der Waals surface area (Å²) in [5.41, 5.74) is 2.37. The normalized spacial score (nSPS) is 10.0. The van der Waals surface area contributed by atoms with E-state index in [0.717, 1.165) is 16.9 Å². The van der Waals surface area contributed by atoms with Gasteiger partial charge in [-0.25, -0.2) is 0 Å². The van der Waals surface area contributed by atoms with E-state index in [1.165, 1.54) is 0 Å². The Hall–Kier alpha value is -2.76. The van der Waals surface area contributed by atoms with Gasteiger partial charge in [0, 0.05) is 0 Å².